The molecule has 0 radical (unpaired) electrons. The third-order valence-electron chi connectivity index (χ3n) is 4.56. The van der Waals surface area contributed by atoms with Crippen molar-refractivity contribution in [1.29, 1.82) is 0 Å². The molecule has 0 heterocycles. The van der Waals surface area contributed by atoms with Crippen molar-refractivity contribution >= 4 is 0 Å². The van der Waals surface area contributed by atoms with Gasteiger partial charge in [-0.2, -0.15) is 4.39 Å². The highest BCUT2D eigenvalue weighted by molar-refractivity contribution is 5.47. The molecule has 3 rings (SSSR count). The van der Waals surface area contributed by atoms with Crippen molar-refractivity contribution in [3.05, 3.63) is 30.1 Å². The van der Waals surface area contributed by atoms with Crippen LogP contribution < -0.4 is 14.2 Å². The van der Waals surface area contributed by atoms with Crippen molar-refractivity contribution in [2.45, 2.75) is 44.9 Å². The lowest BCUT2D eigenvalue weighted by molar-refractivity contribution is -0.276. The van der Waals surface area contributed by atoms with Crippen LogP contribution in [0.25, 0.3) is 0 Å². The maximum absolute atomic E-state index is 14.5. The van der Waals surface area contributed by atoms with Gasteiger partial charge < -0.3 is 14.2 Å². The van der Waals surface area contributed by atoms with E-state index < -0.39 is 17.9 Å². The Kier molecular flexibility index (Phi) is 5.94. The highest BCUT2D eigenvalue weighted by Gasteiger charge is 2.35. The van der Waals surface area contributed by atoms with Crippen LogP contribution in [0.5, 0.6) is 17.2 Å². The summed E-state index contributed by atoms with van der Waals surface area (Å²) in [6, 6.07) is 2.52. The SMILES string of the molecule is Fc1c(OC/C=C/C2CCCC2)ccc(OCC2CC2)c1OC(F)(F)F. The van der Waals surface area contributed by atoms with Gasteiger partial charge in [0, 0.05) is 0 Å². The molecule has 1 aromatic carbocycles. The second kappa shape index (κ2) is 8.18. The first kappa shape index (κ1) is 18.9. The maximum atomic E-state index is 14.5. The molecule has 1 aromatic rings. The predicted octanol–water partition coefficient (Wildman–Crippen LogP) is 5.64. The van der Waals surface area contributed by atoms with Gasteiger partial charge in [-0.15, -0.1) is 13.2 Å². The van der Waals surface area contributed by atoms with E-state index in [1.165, 1.54) is 25.0 Å². The second-order valence-corrected chi connectivity index (χ2v) is 6.79. The minimum atomic E-state index is -5.01. The van der Waals surface area contributed by atoms with Crippen LogP contribution in [0.4, 0.5) is 17.6 Å². The fraction of sp³-hybridized carbons (Fsp3) is 0.579. The zero-order chi connectivity index (χ0) is 18.6. The van der Waals surface area contributed by atoms with Gasteiger partial charge in [0.05, 0.1) is 6.61 Å². The molecule has 0 unspecified atom stereocenters. The molecule has 2 fully saturated rings. The fourth-order valence-corrected chi connectivity index (χ4v) is 2.98. The lowest BCUT2D eigenvalue weighted by Crippen LogP contribution is -2.19. The highest BCUT2D eigenvalue weighted by atomic mass is 19.4. The smallest absolute Gasteiger partial charge is 0.489 e. The van der Waals surface area contributed by atoms with Crippen molar-refractivity contribution < 1.29 is 31.8 Å². The summed E-state index contributed by atoms with van der Waals surface area (Å²) >= 11 is 0. The standard InChI is InChI=1S/C19H22F4O3/c20-17-15(24-11-3-6-13-4-1-2-5-13)9-10-16(25-12-14-7-8-14)18(17)26-19(21,22)23/h3,6,9-10,13-14H,1-2,4-5,7-8,11-12H2/b6-3+. The largest absolute Gasteiger partial charge is 0.573 e. The summed E-state index contributed by atoms with van der Waals surface area (Å²) in [4.78, 5) is 0. The molecule has 0 atom stereocenters. The number of allylic oxidation sites excluding steroid dienone is 1. The summed E-state index contributed by atoms with van der Waals surface area (Å²) in [6.45, 7) is 0.332. The number of hydrogen-bond donors (Lipinski definition) is 0. The Bertz CT molecular complexity index is 632. The average Bonchev–Trinajstić information content (AvgIpc) is 3.26. The molecule has 2 aliphatic rings. The van der Waals surface area contributed by atoms with Crippen molar-refractivity contribution in [2.24, 2.45) is 11.8 Å². The Morgan fingerprint density at radius 2 is 1.69 bits per heavy atom. The van der Waals surface area contributed by atoms with Gasteiger partial charge in [0.2, 0.25) is 11.6 Å². The minimum Gasteiger partial charge on any atom is -0.489 e. The van der Waals surface area contributed by atoms with Crippen LogP contribution in [0.2, 0.25) is 0 Å². The molecule has 26 heavy (non-hydrogen) atoms. The number of benzene rings is 1. The molecule has 7 heteroatoms. The van der Waals surface area contributed by atoms with E-state index in [4.69, 9.17) is 9.47 Å². The van der Waals surface area contributed by atoms with Gasteiger partial charge in [-0.1, -0.05) is 25.0 Å². The number of hydrogen-bond acceptors (Lipinski definition) is 3. The lowest BCUT2D eigenvalue weighted by Gasteiger charge is -2.16. The van der Waals surface area contributed by atoms with E-state index in [2.05, 4.69) is 4.74 Å². The van der Waals surface area contributed by atoms with Gasteiger partial charge in [0.25, 0.3) is 0 Å². The van der Waals surface area contributed by atoms with Crippen LogP contribution in [0.15, 0.2) is 24.3 Å². The zero-order valence-corrected chi connectivity index (χ0v) is 14.4. The summed E-state index contributed by atoms with van der Waals surface area (Å²) in [6.07, 6.45) is 5.36. The Morgan fingerprint density at radius 1 is 1.00 bits per heavy atom. The first-order chi connectivity index (χ1) is 12.4. The van der Waals surface area contributed by atoms with Gasteiger partial charge in [-0.25, -0.2) is 0 Å². The van der Waals surface area contributed by atoms with Crippen LogP contribution in [0, 0.1) is 17.7 Å². The van der Waals surface area contributed by atoms with Gasteiger partial charge in [0.1, 0.15) is 6.61 Å². The Labute approximate surface area is 149 Å². The Balaban J connectivity index is 1.67. The molecule has 0 aliphatic heterocycles. The molecule has 0 saturated heterocycles. The molecule has 144 valence electrons. The van der Waals surface area contributed by atoms with Crippen molar-refractivity contribution in [1.82, 2.24) is 0 Å². The molecule has 0 bridgehead atoms. The molecule has 3 nitrogen and oxygen atoms in total. The van der Waals surface area contributed by atoms with Crippen LogP contribution in [-0.2, 0) is 0 Å². The highest BCUT2D eigenvalue weighted by Crippen LogP contribution is 2.40. The van der Waals surface area contributed by atoms with E-state index in [0.29, 0.717) is 11.8 Å². The van der Waals surface area contributed by atoms with E-state index in [9.17, 15) is 17.6 Å². The minimum absolute atomic E-state index is 0.0845. The monoisotopic (exact) mass is 374 g/mol. The summed E-state index contributed by atoms with van der Waals surface area (Å²) in [5.41, 5.74) is 0. The quantitative estimate of drug-likeness (QED) is 0.435. The fourth-order valence-electron chi connectivity index (χ4n) is 2.98. The lowest BCUT2D eigenvalue weighted by atomic mass is 10.1. The number of ether oxygens (including phenoxy) is 3. The number of halogens is 4. The Hall–Kier alpha value is -1.92. The second-order valence-electron chi connectivity index (χ2n) is 6.79. The molecule has 0 amide bonds. The average molecular weight is 374 g/mol. The molecule has 0 aromatic heterocycles. The summed E-state index contributed by atoms with van der Waals surface area (Å²) in [5, 5.41) is 0. The molecule has 2 saturated carbocycles. The van der Waals surface area contributed by atoms with Gasteiger partial charge in [-0.3, -0.25) is 0 Å². The molecule has 0 N–H and O–H groups in total. The first-order valence-corrected chi connectivity index (χ1v) is 8.93. The molecule has 0 spiro atoms. The zero-order valence-electron chi connectivity index (χ0n) is 14.4. The van der Waals surface area contributed by atoms with Crippen molar-refractivity contribution in [2.75, 3.05) is 13.2 Å². The third kappa shape index (κ3) is 5.54. The van der Waals surface area contributed by atoms with E-state index in [1.807, 2.05) is 6.08 Å². The first-order valence-electron chi connectivity index (χ1n) is 8.93. The van der Waals surface area contributed by atoms with Gasteiger partial charge in [-0.05, 0) is 49.7 Å². The summed E-state index contributed by atoms with van der Waals surface area (Å²) in [5.74, 6) is -1.92. The van der Waals surface area contributed by atoms with E-state index in [1.54, 1.807) is 6.08 Å². The van der Waals surface area contributed by atoms with E-state index >= 15 is 0 Å². The summed E-state index contributed by atoms with van der Waals surface area (Å²) < 4.78 is 66.8. The van der Waals surface area contributed by atoms with Crippen molar-refractivity contribution in [3.8, 4) is 17.2 Å². The van der Waals surface area contributed by atoms with Crippen molar-refractivity contribution in [3.63, 3.8) is 0 Å². The molecular formula is C19H22F4O3. The maximum Gasteiger partial charge on any atom is 0.573 e. The van der Waals surface area contributed by atoms with E-state index in [0.717, 1.165) is 25.7 Å². The molecular weight excluding hydrogens is 352 g/mol. The van der Waals surface area contributed by atoms with Crippen LogP contribution in [0.3, 0.4) is 0 Å². The number of rotatable bonds is 8. The van der Waals surface area contributed by atoms with Gasteiger partial charge in [0.15, 0.2) is 11.5 Å². The third-order valence-corrected chi connectivity index (χ3v) is 4.56. The van der Waals surface area contributed by atoms with Gasteiger partial charge >= 0.3 is 6.36 Å². The normalized spacial score (nSPS) is 18.5. The van der Waals surface area contributed by atoms with E-state index in [-0.39, 0.29) is 24.7 Å². The summed E-state index contributed by atoms with van der Waals surface area (Å²) in [7, 11) is 0. The predicted molar refractivity (Wildman–Crippen MR) is 87.9 cm³/mol. The van der Waals surface area contributed by atoms with Crippen LogP contribution in [-0.4, -0.2) is 19.6 Å². The number of alkyl halides is 3. The van der Waals surface area contributed by atoms with Crippen LogP contribution in [0.1, 0.15) is 38.5 Å². The topological polar surface area (TPSA) is 27.7 Å². The molecule has 2 aliphatic carbocycles. The Morgan fingerprint density at radius 3 is 2.35 bits per heavy atom. The van der Waals surface area contributed by atoms with Crippen LogP contribution >= 0.6 is 0 Å².